The fourth-order valence-corrected chi connectivity index (χ4v) is 1.92. The molecule has 0 unspecified atom stereocenters. The van der Waals surface area contributed by atoms with E-state index in [4.69, 9.17) is 14.8 Å². The normalized spacial score (nSPS) is 11.0. The first-order chi connectivity index (χ1) is 9.00. The molecule has 0 aromatic heterocycles. The SMILES string of the molecule is N=Nc1ccccc1Oc1ccc(S(=O)(=O)O)cc1. The van der Waals surface area contributed by atoms with Gasteiger partial charge in [-0.3, -0.25) is 4.55 Å². The van der Waals surface area contributed by atoms with Crippen molar-refractivity contribution in [1.82, 2.24) is 0 Å². The summed E-state index contributed by atoms with van der Waals surface area (Å²) < 4.78 is 36.1. The molecule has 98 valence electrons. The highest BCUT2D eigenvalue weighted by molar-refractivity contribution is 7.85. The zero-order chi connectivity index (χ0) is 13.9. The highest BCUT2D eigenvalue weighted by Crippen LogP contribution is 2.31. The first-order valence-electron chi connectivity index (χ1n) is 5.22. The number of rotatable bonds is 4. The Kier molecular flexibility index (Phi) is 3.59. The van der Waals surface area contributed by atoms with Crippen LogP contribution in [-0.2, 0) is 10.1 Å². The van der Waals surface area contributed by atoms with E-state index in [2.05, 4.69) is 5.11 Å². The number of nitrogens with one attached hydrogen (secondary N) is 1. The van der Waals surface area contributed by atoms with Gasteiger partial charge in [-0.05, 0) is 36.4 Å². The Balaban J connectivity index is 2.27. The summed E-state index contributed by atoms with van der Waals surface area (Å²) in [5, 5.41) is 3.31. The third-order valence-corrected chi connectivity index (χ3v) is 3.20. The molecule has 6 nitrogen and oxygen atoms in total. The number of para-hydroxylation sites is 2. The Labute approximate surface area is 109 Å². The molecule has 0 radical (unpaired) electrons. The van der Waals surface area contributed by atoms with Crippen LogP contribution in [0.2, 0.25) is 0 Å². The molecule has 0 fully saturated rings. The Morgan fingerprint density at radius 3 is 2.26 bits per heavy atom. The summed E-state index contributed by atoms with van der Waals surface area (Å²) in [5.74, 6) is 0.764. The molecule has 0 atom stereocenters. The summed E-state index contributed by atoms with van der Waals surface area (Å²) in [6.07, 6.45) is 0. The van der Waals surface area contributed by atoms with Crippen LogP contribution in [-0.4, -0.2) is 13.0 Å². The van der Waals surface area contributed by atoms with Gasteiger partial charge in [-0.25, -0.2) is 5.53 Å². The van der Waals surface area contributed by atoms with Gasteiger partial charge in [0.15, 0.2) is 5.75 Å². The van der Waals surface area contributed by atoms with Crippen molar-refractivity contribution in [2.24, 2.45) is 5.11 Å². The van der Waals surface area contributed by atoms with E-state index >= 15 is 0 Å². The van der Waals surface area contributed by atoms with Gasteiger partial charge < -0.3 is 4.74 Å². The third kappa shape index (κ3) is 3.15. The van der Waals surface area contributed by atoms with Crippen LogP contribution in [0.15, 0.2) is 58.5 Å². The molecule has 2 rings (SSSR count). The van der Waals surface area contributed by atoms with Crippen molar-refractivity contribution in [3.8, 4) is 11.5 Å². The summed E-state index contributed by atoms with van der Waals surface area (Å²) >= 11 is 0. The maximum absolute atomic E-state index is 10.9. The van der Waals surface area contributed by atoms with E-state index in [1.807, 2.05) is 0 Å². The van der Waals surface area contributed by atoms with Crippen molar-refractivity contribution >= 4 is 15.8 Å². The van der Waals surface area contributed by atoms with E-state index in [0.717, 1.165) is 0 Å². The van der Waals surface area contributed by atoms with Crippen molar-refractivity contribution in [3.63, 3.8) is 0 Å². The summed E-state index contributed by atoms with van der Waals surface area (Å²) in [4.78, 5) is -0.210. The molecule has 0 aliphatic rings. The summed E-state index contributed by atoms with van der Waals surface area (Å²) in [6.45, 7) is 0. The van der Waals surface area contributed by atoms with Crippen LogP contribution >= 0.6 is 0 Å². The predicted molar refractivity (Wildman–Crippen MR) is 67.6 cm³/mol. The summed E-state index contributed by atoms with van der Waals surface area (Å²) in [6, 6.07) is 12.0. The van der Waals surface area contributed by atoms with Crippen molar-refractivity contribution in [2.75, 3.05) is 0 Å². The fraction of sp³-hybridized carbons (Fsp3) is 0. The molecule has 19 heavy (non-hydrogen) atoms. The summed E-state index contributed by atoms with van der Waals surface area (Å²) in [5.41, 5.74) is 7.36. The highest BCUT2D eigenvalue weighted by Gasteiger charge is 2.09. The number of nitrogens with zero attached hydrogens (tertiary/aromatic N) is 1. The van der Waals surface area contributed by atoms with Gasteiger partial charge in [-0.2, -0.15) is 13.5 Å². The van der Waals surface area contributed by atoms with E-state index in [1.165, 1.54) is 24.3 Å². The van der Waals surface area contributed by atoms with Crippen LogP contribution < -0.4 is 4.74 Å². The topological polar surface area (TPSA) is 99.8 Å². The van der Waals surface area contributed by atoms with E-state index in [-0.39, 0.29) is 4.90 Å². The third-order valence-electron chi connectivity index (χ3n) is 2.34. The van der Waals surface area contributed by atoms with Gasteiger partial charge in [0.1, 0.15) is 11.4 Å². The minimum atomic E-state index is -4.21. The van der Waals surface area contributed by atoms with Crippen LogP contribution in [0.1, 0.15) is 0 Å². The average molecular weight is 278 g/mol. The van der Waals surface area contributed by atoms with E-state index < -0.39 is 10.1 Å². The zero-order valence-corrected chi connectivity index (χ0v) is 10.5. The Hall–Kier alpha value is -2.25. The molecule has 0 amide bonds. The second kappa shape index (κ2) is 5.17. The van der Waals surface area contributed by atoms with Gasteiger partial charge in [-0.15, -0.1) is 0 Å². The molecule has 7 heteroatoms. The molecule has 0 heterocycles. The van der Waals surface area contributed by atoms with Gasteiger partial charge in [0.25, 0.3) is 10.1 Å². The van der Waals surface area contributed by atoms with Crippen LogP contribution in [0.5, 0.6) is 11.5 Å². The molecular weight excluding hydrogens is 268 g/mol. The molecule has 0 aliphatic heterocycles. The number of ether oxygens (including phenoxy) is 1. The second-order valence-corrected chi connectivity index (χ2v) is 5.05. The lowest BCUT2D eigenvalue weighted by Crippen LogP contribution is -1.97. The standard InChI is InChI=1S/C12H10N2O4S/c13-14-11-3-1-2-4-12(11)18-9-5-7-10(8-6-9)19(15,16)17/h1-8,13H,(H,15,16,17). The maximum atomic E-state index is 10.9. The molecule has 0 bridgehead atoms. The lowest BCUT2D eigenvalue weighted by Gasteiger charge is -2.07. The van der Waals surface area contributed by atoms with Gasteiger partial charge in [0.05, 0.1) is 4.90 Å². The molecule has 2 aromatic rings. The molecule has 2 N–H and O–H groups in total. The number of benzene rings is 2. The predicted octanol–water partition coefficient (Wildman–Crippen LogP) is 3.39. The minimum absolute atomic E-state index is 0.210. The first kappa shape index (κ1) is 13.2. The van der Waals surface area contributed by atoms with Crippen LogP contribution in [0, 0.1) is 5.53 Å². The van der Waals surface area contributed by atoms with Gasteiger partial charge in [-0.1, -0.05) is 12.1 Å². The quantitative estimate of drug-likeness (QED) is 0.661. The average Bonchev–Trinajstić information content (AvgIpc) is 2.39. The Bertz CT molecular complexity index is 696. The summed E-state index contributed by atoms with van der Waals surface area (Å²) in [7, 11) is -4.21. The largest absolute Gasteiger partial charge is 0.455 e. The zero-order valence-electron chi connectivity index (χ0n) is 9.65. The van der Waals surface area contributed by atoms with Crippen LogP contribution in [0.25, 0.3) is 0 Å². The monoisotopic (exact) mass is 278 g/mol. The van der Waals surface area contributed by atoms with E-state index in [9.17, 15) is 8.42 Å². The number of hydrogen-bond donors (Lipinski definition) is 2. The van der Waals surface area contributed by atoms with E-state index in [0.29, 0.717) is 17.2 Å². The molecule has 2 aromatic carbocycles. The van der Waals surface area contributed by atoms with Crippen molar-refractivity contribution in [1.29, 1.82) is 5.53 Å². The van der Waals surface area contributed by atoms with E-state index in [1.54, 1.807) is 24.3 Å². The van der Waals surface area contributed by atoms with Crippen LogP contribution in [0.4, 0.5) is 5.69 Å². The molecule has 0 aliphatic carbocycles. The molecule has 0 saturated heterocycles. The fourth-order valence-electron chi connectivity index (χ4n) is 1.44. The van der Waals surface area contributed by atoms with Crippen LogP contribution in [0.3, 0.4) is 0 Å². The molecule has 0 spiro atoms. The van der Waals surface area contributed by atoms with Crippen molar-refractivity contribution < 1.29 is 17.7 Å². The highest BCUT2D eigenvalue weighted by atomic mass is 32.2. The molecule has 0 saturated carbocycles. The van der Waals surface area contributed by atoms with Gasteiger partial charge in [0.2, 0.25) is 0 Å². The lowest BCUT2D eigenvalue weighted by molar-refractivity contribution is 0.478. The molecular formula is C12H10N2O4S. The van der Waals surface area contributed by atoms with Crippen molar-refractivity contribution in [2.45, 2.75) is 4.90 Å². The maximum Gasteiger partial charge on any atom is 0.294 e. The van der Waals surface area contributed by atoms with Crippen molar-refractivity contribution in [3.05, 3.63) is 48.5 Å². The smallest absolute Gasteiger partial charge is 0.294 e. The Morgan fingerprint density at radius 1 is 1.05 bits per heavy atom. The van der Waals surface area contributed by atoms with Gasteiger partial charge >= 0.3 is 0 Å². The Morgan fingerprint density at radius 2 is 1.68 bits per heavy atom. The van der Waals surface area contributed by atoms with Gasteiger partial charge in [0, 0.05) is 0 Å². The minimum Gasteiger partial charge on any atom is -0.455 e. The number of hydrogen-bond acceptors (Lipinski definition) is 5. The lowest BCUT2D eigenvalue weighted by atomic mass is 10.3. The first-order valence-corrected chi connectivity index (χ1v) is 6.66. The second-order valence-electron chi connectivity index (χ2n) is 3.63.